The molecule has 2 heterocycles. The molecule has 0 atom stereocenters. The molecule has 2 aromatic carbocycles. The maximum Gasteiger partial charge on any atom is 0.189 e. The number of hydrogen-bond acceptors (Lipinski definition) is 3. The summed E-state index contributed by atoms with van der Waals surface area (Å²) in [4.78, 5) is 20.0. The van der Waals surface area contributed by atoms with Crippen molar-refractivity contribution in [2.24, 2.45) is 0 Å². The molecule has 0 aliphatic carbocycles. The summed E-state index contributed by atoms with van der Waals surface area (Å²) in [7, 11) is 0. The fourth-order valence-corrected chi connectivity index (χ4v) is 3.57. The van der Waals surface area contributed by atoms with Gasteiger partial charge in [0.1, 0.15) is 11.6 Å². The lowest BCUT2D eigenvalue weighted by molar-refractivity contribution is 0.120. The van der Waals surface area contributed by atoms with Crippen LogP contribution >= 0.6 is 0 Å². The highest BCUT2D eigenvalue weighted by Gasteiger charge is 2.18. The van der Waals surface area contributed by atoms with E-state index in [1.807, 2.05) is 12.1 Å². The molecule has 1 fully saturated rings. The van der Waals surface area contributed by atoms with E-state index in [0.717, 1.165) is 37.4 Å². The van der Waals surface area contributed by atoms with Gasteiger partial charge in [0, 0.05) is 67.5 Å². The summed E-state index contributed by atoms with van der Waals surface area (Å²) in [6.07, 6.45) is 0. The highest BCUT2D eigenvalue weighted by atomic mass is 19.1. The molecule has 140 valence electrons. The number of nitrogens with one attached hydrogen (secondary N) is 1. The van der Waals surface area contributed by atoms with Crippen molar-refractivity contribution in [1.82, 2.24) is 14.8 Å². The third-order valence-corrected chi connectivity index (χ3v) is 5.06. The van der Waals surface area contributed by atoms with Gasteiger partial charge in [0.15, 0.2) is 5.43 Å². The zero-order valence-corrected chi connectivity index (χ0v) is 14.9. The Balaban J connectivity index is 1.39. The van der Waals surface area contributed by atoms with Gasteiger partial charge in [-0.05, 0) is 24.3 Å². The molecule has 0 radical (unpaired) electrons. The molecule has 1 aliphatic rings. The maximum absolute atomic E-state index is 13.8. The third kappa shape index (κ3) is 4.07. The first kappa shape index (κ1) is 17.8. The predicted molar refractivity (Wildman–Crippen MR) is 101 cm³/mol. The molecule has 0 amide bonds. The van der Waals surface area contributed by atoms with E-state index in [-0.39, 0.29) is 11.2 Å². The van der Waals surface area contributed by atoms with Gasteiger partial charge in [0.25, 0.3) is 0 Å². The van der Waals surface area contributed by atoms with Crippen LogP contribution in [0.4, 0.5) is 8.78 Å². The van der Waals surface area contributed by atoms with Gasteiger partial charge in [-0.1, -0.05) is 18.2 Å². The summed E-state index contributed by atoms with van der Waals surface area (Å²) >= 11 is 0. The van der Waals surface area contributed by atoms with Gasteiger partial charge in [0.05, 0.1) is 0 Å². The molecule has 1 N–H and O–H groups in total. The molecule has 0 saturated carbocycles. The number of nitrogens with zero attached hydrogens (tertiary/aromatic N) is 2. The van der Waals surface area contributed by atoms with Crippen LogP contribution in [0.5, 0.6) is 0 Å². The second-order valence-corrected chi connectivity index (χ2v) is 6.99. The van der Waals surface area contributed by atoms with E-state index in [0.29, 0.717) is 24.0 Å². The average molecular weight is 369 g/mol. The molecule has 6 heteroatoms. The Hall–Kier alpha value is -2.57. The second kappa shape index (κ2) is 7.58. The van der Waals surface area contributed by atoms with Crippen LogP contribution in [-0.2, 0) is 13.1 Å². The predicted octanol–water partition coefficient (Wildman–Crippen LogP) is 3.12. The van der Waals surface area contributed by atoms with E-state index in [2.05, 4.69) is 14.8 Å². The number of pyridine rings is 1. The van der Waals surface area contributed by atoms with Crippen molar-refractivity contribution < 1.29 is 8.78 Å². The van der Waals surface area contributed by atoms with E-state index in [1.54, 1.807) is 18.2 Å². The fraction of sp³-hybridized carbons (Fsp3) is 0.286. The molecule has 0 spiro atoms. The SMILES string of the molecule is O=c1cc(CN2CCN(Cc3ccccc3F)CC2)[nH]c2ccc(F)cc12. The topological polar surface area (TPSA) is 39.3 Å². The van der Waals surface area contributed by atoms with Crippen molar-refractivity contribution in [3.8, 4) is 0 Å². The van der Waals surface area contributed by atoms with Crippen LogP contribution in [0.25, 0.3) is 10.9 Å². The van der Waals surface area contributed by atoms with Crippen LogP contribution in [0, 0.1) is 11.6 Å². The molecule has 1 saturated heterocycles. The lowest BCUT2D eigenvalue weighted by Crippen LogP contribution is -2.45. The maximum atomic E-state index is 13.8. The molecular weight excluding hydrogens is 348 g/mol. The molecule has 3 aromatic rings. The van der Waals surface area contributed by atoms with Gasteiger partial charge < -0.3 is 4.98 Å². The molecule has 1 aromatic heterocycles. The Kier molecular flexibility index (Phi) is 5.01. The van der Waals surface area contributed by atoms with Gasteiger partial charge in [-0.2, -0.15) is 0 Å². The Morgan fingerprint density at radius 3 is 2.33 bits per heavy atom. The number of hydrogen-bond donors (Lipinski definition) is 1. The number of benzene rings is 2. The standard InChI is InChI=1S/C21H21F2N3O/c22-16-5-6-20-18(11-16)21(27)12-17(24-20)14-26-9-7-25(8-10-26)13-15-3-1-2-4-19(15)23/h1-6,11-12H,7-10,13-14H2,(H,24,27). The molecule has 4 rings (SSSR count). The lowest BCUT2D eigenvalue weighted by atomic mass is 10.1. The first-order valence-corrected chi connectivity index (χ1v) is 9.08. The van der Waals surface area contributed by atoms with Crippen LogP contribution in [0.3, 0.4) is 0 Å². The van der Waals surface area contributed by atoms with Crippen molar-refractivity contribution in [1.29, 1.82) is 0 Å². The van der Waals surface area contributed by atoms with Crippen molar-refractivity contribution in [3.63, 3.8) is 0 Å². The Labute approximate surface area is 156 Å². The Morgan fingerprint density at radius 2 is 1.59 bits per heavy atom. The summed E-state index contributed by atoms with van der Waals surface area (Å²) in [6.45, 7) is 4.62. The van der Waals surface area contributed by atoms with Crippen LogP contribution in [0.2, 0.25) is 0 Å². The summed E-state index contributed by atoms with van der Waals surface area (Å²) in [5.74, 6) is -0.572. The molecule has 27 heavy (non-hydrogen) atoms. The van der Waals surface area contributed by atoms with Gasteiger partial charge in [-0.15, -0.1) is 0 Å². The van der Waals surface area contributed by atoms with Gasteiger partial charge in [0.2, 0.25) is 0 Å². The molecule has 0 bridgehead atoms. The minimum absolute atomic E-state index is 0.162. The molecule has 4 nitrogen and oxygen atoms in total. The average Bonchev–Trinajstić information content (AvgIpc) is 2.66. The van der Waals surface area contributed by atoms with E-state index in [9.17, 15) is 13.6 Å². The number of rotatable bonds is 4. The highest BCUT2D eigenvalue weighted by molar-refractivity contribution is 5.78. The van der Waals surface area contributed by atoms with Crippen LogP contribution in [0.1, 0.15) is 11.3 Å². The van der Waals surface area contributed by atoms with Crippen LogP contribution in [0.15, 0.2) is 53.3 Å². The van der Waals surface area contributed by atoms with E-state index >= 15 is 0 Å². The number of fused-ring (bicyclic) bond motifs is 1. The number of halogens is 2. The van der Waals surface area contributed by atoms with Gasteiger partial charge >= 0.3 is 0 Å². The Bertz CT molecular complexity index is 1010. The first-order valence-electron chi connectivity index (χ1n) is 9.08. The fourth-order valence-electron chi connectivity index (χ4n) is 3.57. The second-order valence-electron chi connectivity index (χ2n) is 6.99. The molecular formula is C21H21F2N3O. The van der Waals surface area contributed by atoms with Crippen molar-refractivity contribution in [2.45, 2.75) is 13.1 Å². The number of piperazine rings is 1. The molecule has 1 aliphatic heterocycles. The minimum atomic E-state index is -0.410. The third-order valence-electron chi connectivity index (χ3n) is 5.06. The highest BCUT2D eigenvalue weighted by Crippen LogP contribution is 2.15. The van der Waals surface area contributed by atoms with Gasteiger partial charge in [-0.3, -0.25) is 14.6 Å². The van der Waals surface area contributed by atoms with Gasteiger partial charge in [-0.25, -0.2) is 8.78 Å². The van der Waals surface area contributed by atoms with E-state index < -0.39 is 5.82 Å². The minimum Gasteiger partial charge on any atom is -0.357 e. The molecule has 0 unspecified atom stereocenters. The first-order chi connectivity index (χ1) is 13.1. The zero-order chi connectivity index (χ0) is 18.8. The summed E-state index contributed by atoms with van der Waals surface area (Å²) in [6, 6.07) is 12.6. The smallest absolute Gasteiger partial charge is 0.189 e. The summed E-state index contributed by atoms with van der Waals surface area (Å²) < 4.78 is 27.1. The summed E-state index contributed by atoms with van der Waals surface area (Å²) in [5, 5.41) is 0.369. The van der Waals surface area contributed by atoms with Crippen molar-refractivity contribution in [3.05, 3.63) is 81.6 Å². The summed E-state index contributed by atoms with van der Waals surface area (Å²) in [5.41, 5.74) is 2.02. The normalized spacial score (nSPS) is 16.1. The lowest BCUT2D eigenvalue weighted by Gasteiger charge is -2.34. The zero-order valence-electron chi connectivity index (χ0n) is 14.9. The van der Waals surface area contributed by atoms with Crippen LogP contribution < -0.4 is 5.43 Å². The monoisotopic (exact) mass is 369 g/mol. The van der Waals surface area contributed by atoms with Crippen LogP contribution in [-0.4, -0.2) is 41.0 Å². The quantitative estimate of drug-likeness (QED) is 0.768. The largest absolute Gasteiger partial charge is 0.357 e. The van der Waals surface area contributed by atoms with Crippen molar-refractivity contribution in [2.75, 3.05) is 26.2 Å². The van der Waals surface area contributed by atoms with E-state index in [4.69, 9.17) is 0 Å². The van der Waals surface area contributed by atoms with E-state index in [1.165, 1.54) is 18.2 Å². The number of aromatic nitrogens is 1. The Morgan fingerprint density at radius 1 is 0.889 bits per heavy atom. The van der Waals surface area contributed by atoms with Crippen molar-refractivity contribution >= 4 is 10.9 Å². The number of H-pyrrole nitrogens is 1. The number of aromatic amines is 1.